The summed E-state index contributed by atoms with van der Waals surface area (Å²) >= 11 is 18.2. The monoisotopic (exact) mass is 375 g/mol. The van der Waals surface area contributed by atoms with Gasteiger partial charge in [-0.3, -0.25) is 15.5 Å². The second-order valence-electron chi connectivity index (χ2n) is 4.09. The standard InChI is InChI=1S/C12H11Cl2N5OS2/c1-6-16-17-12(22-2)19(6)18-11(21)15-10(20)7-3-4-8(13)9(14)5-7/h3-5H,1-2H3,(H2,15,18,20,21). The third-order valence-corrected chi connectivity index (χ3v) is 4.16. The van der Waals surface area contributed by atoms with Crippen LogP contribution in [-0.4, -0.2) is 32.1 Å². The highest BCUT2D eigenvalue weighted by molar-refractivity contribution is 7.98. The Labute approximate surface area is 146 Å². The number of benzene rings is 1. The molecular weight excluding hydrogens is 365 g/mol. The van der Waals surface area contributed by atoms with E-state index >= 15 is 0 Å². The van der Waals surface area contributed by atoms with Crippen LogP contribution in [-0.2, 0) is 0 Å². The summed E-state index contributed by atoms with van der Waals surface area (Å²) < 4.78 is 1.59. The smallest absolute Gasteiger partial charge is 0.257 e. The maximum absolute atomic E-state index is 12.1. The van der Waals surface area contributed by atoms with Gasteiger partial charge in [-0.15, -0.1) is 10.2 Å². The number of carbonyl (C=O) groups is 1. The van der Waals surface area contributed by atoms with Crippen molar-refractivity contribution < 1.29 is 4.79 Å². The van der Waals surface area contributed by atoms with Crippen LogP contribution in [0.3, 0.4) is 0 Å². The largest absolute Gasteiger partial charge is 0.298 e. The first-order valence-corrected chi connectivity index (χ1v) is 8.34. The predicted molar refractivity (Wildman–Crippen MR) is 92.4 cm³/mol. The van der Waals surface area contributed by atoms with Crippen LogP contribution in [0, 0.1) is 6.92 Å². The lowest BCUT2D eigenvalue weighted by Crippen LogP contribution is -2.38. The van der Waals surface area contributed by atoms with Crippen LogP contribution in [0.1, 0.15) is 16.2 Å². The Bertz CT molecular complexity index is 734. The molecular formula is C12H11Cl2N5OS2. The molecule has 0 aliphatic heterocycles. The molecule has 2 aromatic rings. The summed E-state index contributed by atoms with van der Waals surface area (Å²) in [4.78, 5) is 12.1. The van der Waals surface area contributed by atoms with E-state index in [4.69, 9.17) is 35.4 Å². The van der Waals surface area contributed by atoms with Crippen LogP contribution in [0.25, 0.3) is 0 Å². The van der Waals surface area contributed by atoms with Crippen LogP contribution in [0.2, 0.25) is 10.0 Å². The van der Waals surface area contributed by atoms with Gasteiger partial charge in [0.25, 0.3) is 5.91 Å². The fourth-order valence-electron chi connectivity index (χ4n) is 1.55. The van der Waals surface area contributed by atoms with Crippen LogP contribution >= 0.6 is 47.2 Å². The molecule has 0 fully saturated rings. The topological polar surface area (TPSA) is 71.8 Å². The van der Waals surface area contributed by atoms with Crippen LogP contribution in [0.15, 0.2) is 23.4 Å². The fraction of sp³-hybridized carbons (Fsp3) is 0.167. The zero-order valence-corrected chi connectivity index (χ0v) is 14.7. The van der Waals surface area contributed by atoms with E-state index in [1.807, 2.05) is 6.26 Å². The lowest BCUT2D eigenvalue weighted by molar-refractivity contribution is 0.0977. The fourth-order valence-corrected chi connectivity index (χ4v) is 2.51. The molecule has 0 saturated heterocycles. The van der Waals surface area contributed by atoms with Crippen LogP contribution in [0.4, 0.5) is 0 Å². The van der Waals surface area contributed by atoms with E-state index in [0.29, 0.717) is 26.6 Å². The average molecular weight is 376 g/mol. The zero-order valence-electron chi connectivity index (χ0n) is 11.6. The first-order valence-electron chi connectivity index (χ1n) is 5.95. The van der Waals surface area contributed by atoms with E-state index in [-0.39, 0.29) is 5.11 Å². The molecule has 1 amide bonds. The van der Waals surface area contributed by atoms with Gasteiger partial charge in [0, 0.05) is 5.56 Å². The molecule has 0 bridgehead atoms. The molecule has 0 saturated carbocycles. The number of nitrogens with one attached hydrogen (secondary N) is 2. The number of amides is 1. The molecule has 1 aromatic carbocycles. The Hall–Kier alpha value is -1.35. The summed E-state index contributed by atoms with van der Waals surface area (Å²) in [5.74, 6) is 0.225. The Morgan fingerprint density at radius 2 is 2.05 bits per heavy atom. The number of rotatable bonds is 3. The maximum Gasteiger partial charge on any atom is 0.257 e. The van der Waals surface area contributed by atoms with Gasteiger partial charge in [0.15, 0.2) is 5.11 Å². The van der Waals surface area contributed by atoms with Gasteiger partial charge in [0.05, 0.1) is 10.0 Å². The maximum atomic E-state index is 12.1. The number of nitrogens with zero attached hydrogens (tertiary/aromatic N) is 3. The van der Waals surface area contributed by atoms with E-state index in [2.05, 4.69) is 20.9 Å². The molecule has 2 N–H and O–H groups in total. The van der Waals surface area contributed by atoms with Gasteiger partial charge in [-0.1, -0.05) is 35.0 Å². The van der Waals surface area contributed by atoms with Gasteiger partial charge >= 0.3 is 0 Å². The summed E-state index contributed by atoms with van der Waals surface area (Å²) in [5, 5.41) is 11.9. The number of hydrogen-bond acceptors (Lipinski definition) is 5. The molecule has 0 aliphatic carbocycles. The summed E-state index contributed by atoms with van der Waals surface area (Å²) in [6, 6.07) is 4.58. The molecule has 0 atom stereocenters. The molecule has 2 rings (SSSR count). The van der Waals surface area contributed by atoms with E-state index in [0.717, 1.165) is 0 Å². The highest BCUT2D eigenvalue weighted by atomic mass is 35.5. The molecule has 0 radical (unpaired) electrons. The minimum Gasteiger partial charge on any atom is -0.298 e. The Balaban J connectivity index is 2.06. The van der Waals surface area contributed by atoms with Crippen molar-refractivity contribution in [1.29, 1.82) is 0 Å². The molecule has 0 unspecified atom stereocenters. The van der Waals surface area contributed by atoms with Crippen molar-refractivity contribution in [3.63, 3.8) is 0 Å². The molecule has 1 aromatic heterocycles. The van der Waals surface area contributed by atoms with Crippen molar-refractivity contribution in [3.8, 4) is 0 Å². The van der Waals surface area contributed by atoms with Crippen LogP contribution in [0.5, 0.6) is 0 Å². The number of thiocarbonyl (C=S) groups is 1. The number of hydrogen-bond donors (Lipinski definition) is 2. The van der Waals surface area contributed by atoms with Crippen molar-refractivity contribution >= 4 is 58.2 Å². The molecule has 0 aliphatic rings. The first kappa shape index (κ1) is 17.0. The summed E-state index contributed by atoms with van der Waals surface area (Å²) in [7, 11) is 0. The van der Waals surface area contributed by atoms with Crippen molar-refractivity contribution in [2.24, 2.45) is 0 Å². The van der Waals surface area contributed by atoms with E-state index in [1.54, 1.807) is 23.7 Å². The molecule has 1 heterocycles. The number of aromatic nitrogens is 3. The second-order valence-corrected chi connectivity index (χ2v) is 6.09. The van der Waals surface area contributed by atoms with E-state index in [9.17, 15) is 4.79 Å². The lowest BCUT2D eigenvalue weighted by atomic mass is 10.2. The van der Waals surface area contributed by atoms with Gasteiger partial charge in [-0.2, -0.15) is 0 Å². The van der Waals surface area contributed by atoms with Gasteiger partial charge in [0.1, 0.15) is 5.82 Å². The van der Waals surface area contributed by atoms with Crippen molar-refractivity contribution in [1.82, 2.24) is 20.2 Å². The number of carbonyl (C=O) groups excluding carboxylic acids is 1. The predicted octanol–water partition coefficient (Wildman–Crippen LogP) is 2.87. The quantitative estimate of drug-likeness (QED) is 0.634. The third-order valence-electron chi connectivity index (χ3n) is 2.60. The molecule has 6 nitrogen and oxygen atoms in total. The Kier molecular flexibility index (Phi) is 5.63. The molecule has 116 valence electrons. The minimum atomic E-state index is -0.396. The molecule has 0 spiro atoms. The van der Waals surface area contributed by atoms with E-state index < -0.39 is 5.91 Å². The van der Waals surface area contributed by atoms with Gasteiger partial charge < -0.3 is 0 Å². The van der Waals surface area contributed by atoms with Gasteiger partial charge in [-0.05, 0) is 43.6 Å². The highest BCUT2D eigenvalue weighted by Gasteiger charge is 2.12. The summed E-state index contributed by atoms with van der Waals surface area (Å²) in [6.45, 7) is 1.77. The SMILES string of the molecule is CSc1nnc(C)n1NC(=S)NC(=O)c1ccc(Cl)c(Cl)c1. The van der Waals surface area contributed by atoms with Gasteiger partial charge in [-0.25, -0.2) is 4.68 Å². The van der Waals surface area contributed by atoms with Crippen molar-refractivity contribution in [3.05, 3.63) is 39.6 Å². The second kappa shape index (κ2) is 7.28. The molecule has 22 heavy (non-hydrogen) atoms. The van der Waals surface area contributed by atoms with Gasteiger partial charge in [0.2, 0.25) is 5.16 Å². The number of aryl methyl sites for hydroxylation is 1. The van der Waals surface area contributed by atoms with E-state index in [1.165, 1.54) is 17.8 Å². The third kappa shape index (κ3) is 3.89. The Morgan fingerprint density at radius 3 is 2.68 bits per heavy atom. The molecule has 10 heteroatoms. The lowest BCUT2D eigenvalue weighted by Gasteiger charge is -2.12. The highest BCUT2D eigenvalue weighted by Crippen LogP contribution is 2.22. The zero-order chi connectivity index (χ0) is 16.3. The minimum absolute atomic E-state index is 0.120. The normalized spacial score (nSPS) is 10.4. The number of thioether (sulfide) groups is 1. The summed E-state index contributed by atoms with van der Waals surface area (Å²) in [5.41, 5.74) is 3.20. The first-order chi connectivity index (χ1) is 10.4. The van der Waals surface area contributed by atoms with Crippen molar-refractivity contribution in [2.75, 3.05) is 11.7 Å². The number of halogens is 2. The average Bonchev–Trinajstić information content (AvgIpc) is 2.82. The Morgan fingerprint density at radius 1 is 1.32 bits per heavy atom. The van der Waals surface area contributed by atoms with Crippen molar-refractivity contribution in [2.45, 2.75) is 12.1 Å². The summed E-state index contributed by atoms with van der Waals surface area (Å²) in [6.07, 6.45) is 1.86. The van der Waals surface area contributed by atoms with Crippen LogP contribution < -0.4 is 10.7 Å².